The third-order valence-corrected chi connectivity index (χ3v) is 4.45. The van der Waals surface area contributed by atoms with E-state index in [0.29, 0.717) is 36.1 Å². The molecule has 2 heterocycles. The van der Waals surface area contributed by atoms with Crippen LogP contribution in [0.25, 0.3) is 16.9 Å². The van der Waals surface area contributed by atoms with E-state index in [1.54, 1.807) is 36.4 Å². The van der Waals surface area contributed by atoms with E-state index in [-0.39, 0.29) is 17.2 Å². The van der Waals surface area contributed by atoms with Gasteiger partial charge < -0.3 is 4.74 Å². The van der Waals surface area contributed by atoms with Crippen molar-refractivity contribution in [2.24, 2.45) is 0 Å². The highest BCUT2D eigenvalue weighted by Crippen LogP contribution is 2.19. The molecule has 1 aliphatic rings. The Labute approximate surface area is 160 Å². The van der Waals surface area contributed by atoms with Gasteiger partial charge in [0.1, 0.15) is 11.6 Å². The molecule has 2 aromatic heterocycles. The number of rotatable bonds is 3. The minimum Gasteiger partial charge on any atom is -0.426 e. The van der Waals surface area contributed by atoms with Gasteiger partial charge in [0.05, 0.1) is 11.0 Å². The van der Waals surface area contributed by atoms with Gasteiger partial charge in [-0.2, -0.15) is 0 Å². The second-order valence-electron chi connectivity index (χ2n) is 6.55. The minimum atomic E-state index is -0.877. The summed E-state index contributed by atoms with van der Waals surface area (Å²) < 4.78 is 6.65. The Kier molecular flexibility index (Phi) is 4.57. The molecule has 0 atom stereocenters. The fourth-order valence-electron chi connectivity index (χ4n) is 3.15. The number of benzene rings is 1. The Balaban J connectivity index is 1.86. The predicted octanol–water partition coefficient (Wildman–Crippen LogP) is 2.88. The lowest BCUT2D eigenvalue weighted by molar-refractivity contribution is -0.115. The molecule has 1 aromatic carbocycles. The molecule has 0 fully saturated rings. The first-order valence-corrected chi connectivity index (χ1v) is 8.94. The normalized spacial score (nSPS) is 14.0. The molecule has 0 N–H and O–H groups in total. The molecule has 4 rings (SSSR count). The fourth-order valence-corrected chi connectivity index (χ4v) is 3.15. The van der Waals surface area contributed by atoms with Crippen molar-refractivity contribution < 1.29 is 14.3 Å². The number of ketones is 1. The number of pyridine rings is 1. The van der Waals surface area contributed by atoms with Gasteiger partial charge >= 0.3 is 5.97 Å². The Hall–Kier alpha value is -3.61. The van der Waals surface area contributed by atoms with E-state index in [0.717, 1.165) is 5.69 Å². The van der Waals surface area contributed by atoms with Gasteiger partial charge in [-0.3, -0.25) is 14.2 Å². The largest absolute Gasteiger partial charge is 0.426 e. The van der Waals surface area contributed by atoms with Crippen LogP contribution in [0.2, 0.25) is 0 Å². The molecule has 0 radical (unpaired) electrons. The summed E-state index contributed by atoms with van der Waals surface area (Å²) in [6, 6.07) is 12.3. The van der Waals surface area contributed by atoms with Crippen LogP contribution >= 0.6 is 0 Å². The fraction of sp³-hybridized carbons (Fsp3) is 0.190. The standard InChI is InChI=1S/C21H17N3O4/c1-13-6-4-11-18(22-13)24-17-10-3-2-9-16(17)23-19(20(24)26)21(27)28-15-8-5-7-14(25)12-15/h2-4,6,9-12H,5,7-8H2,1H3. The molecular weight excluding hydrogens is 358 g/mol. The van der Waals surface area contributed by atoms with E-state index >= 15 is 0 Å². The molecule has 0 spiro atoms. The molecule has 0 amide bonds. The van der Waals surface area contributed by atoms with Gasteiger partial charge in [-0.15, -0.1) is 0 Å². The smallest absolute Gasteiger partial charge is 0.367 e. The second-order valence-corrected chi connectivity index (χ2v) is 6.55. The van der Waals surface area contributed by atoms with E-state index in [2.05, 4.69) is 9.97 Å². The number of hydrogen-bond acceptors (Lipinski definition) is 6. The molecular formula is C21H17N3O4. The minimum absolute atomic E-state index is 0.0955. The number of hydrogen-bond donors (Lipinski definition) is 0. The maximum Gasteiger partial charge on any atom is 0.367 e. The number of carbonyl (C=O) groups excluding carboxylic acids is 2. The average molecular weight is 375 g/mol. The first-order valence-electron chi connectivity index (χ1n) is 8.94. The third-order valence-electron chi connectivity index (χ3n) is 4.45. The van der Waals surface area contributed by atoms with Crippen molar-refractivity contribution in [1.29, 1.82) is 0 Å². The number of ether oxygens (including phenoxy) is 1. The summed E-state index contributed by atoms with van der Waals surface area (Å²) in [7, 11) is 0. The van der Waals surface area contributed by atoms with E-state index in [1.807, 2.05) is 13.0 Å². The van der Waals surface area contributed by atoms with Gasteiger partial charge in [0.25, 0.3) is 5.56 Å². The van der Waals surface area contributed by atoms with Gasteiger partial charge in [0.15, 0.2) is 5.78 Å². The van der Waals surface area contributed by atoms with Crippen LogP contribution in [0.4, 0.5) is 0 Å². The van der Waals surface area contributed by atoms with Crippen LogP contribution in [0.3, 0.4) is 0 Å². The van der Waals surface area contributed by atoms with E-state index in [9.17, 15) is 14.4 Å². The molecule has 0 saturated carbocycles. The van der Waals surface area contributed by atoms with E-state index in [4.69, 9.17) is 4.74 Å². The molecule has 7 nitrogen and oxygen atoms in total. The highest BCUT2D eigenvalue weighted by molar-refractivity contribution is 5.93. The highest BCUT2D eigenvalue weighted by atomic mass is 16.5. The molecule has 3 aromatic rings. The Morgan fingerprint density at radius 3 is 2.64 bits per heavy atom. The molecule has 0 aliphatic heterocycles. The van der Waals surface area contributed by atoms with E-state index in [1.165, 1.54) is 10.6 Å². The lowest BCUT2D eigenvalue weighted by atomic mass is 10.1. The monoisotopic (exact) mass is 375 g/mol. The molecule has 0 saturated heterocycles. The van der Waals surface area contributed by atoms with Gasteiger partial charge in [0, 0.05) is 24.6 Å². The number of esters is 1. The molecule has 1 aliphatic carbocycles. The number of aromatic nitrogens is 3. The molecule has 0 bridgehead atoms. The number of aryl methyl sites for hydroxylation is 1. The number of para-hydroxylation sites is 2. The zero-order valence-corrected chi connectivity index (χ0v) is 15.2. The second kappa shape index (κ2) is 7.19. The van der Waals surface area contributed by atoms with Crippen LogP contribution in [0, 0.1) is 6.92 Å². The Bertz CT molecular complexity index is 1190. The first-order chi connectivity index (χ1) is 13.5. The summed E-state index contributed by atoms with van der Waals surface area (Å²) in [5.41, 5.74) is 0.769. The summed E-state index contributed by atoms with van der Waals surface area (Å²) >= 11 is 0. The number of allylic oxidation sites excluding steroid dienone is 2. The van der Waals surface area contributed by atoms with Gasteiger partial charge in [0.2, 0.25) is 5.69 Å². The van der Waals surface area contributed by atoms with Gasteiger partial charge in [-0.1, -0.05) is 18.2 Å². The summed E-state index contributed by atoms with van der Waals surface area (Å²) in [5.74, 6) is -0.319. The summed E-state index contributed by atoms with van der Waals surface area (Å²) in [4.78, 5) is 46.0. The van der Waals surface area contributed by atoms with Crippen LogP contribution in [0.15, 0.2) is 59.1 Å². The summed E-state index contributed by atoms with van der Waals surface area (Å²) in [6.45, 7) is 1.82. The summed E-state index contributed by atoms with van der Waals surface area (Å²) in [6.07, 6.45) is 2.82. The number of nitrogens with zero attached hydrogens (tertiary/aromatic N) is 3. The Morgan fingerprint density at radius 2 is 1.86 bits per heavy atom. The topological polar surface area (TPSA) is 91.2 Å². The number of fused-ring (bicyclic) bond motifs is 1. The van der Waals surface area contributed by atoms with Crippen molar-refractivity contribution in [3.05, 3.63) is 76.0 Å². The predicted molar refractivity (Wildman–Crippen MR) is 102 cm³/mol. The van der Waals surface area contributed by atoms with Crippen LogP contribution in [0.1, 0.15) is 35.4 Å². The average Bonchev–Trinajstić information content (AvgIpc) is 2.67. The maximum absolute atomic E-state index is 13.1. The van der Waals surface area contributed by atoms with E-state index < -0.39 is 11.5 Å². The molecule has 7 heteroatoms. The SMILES string of the molecule is Cc1cccc(-n2c(=O)c(C(=O)OC3=CC(=O)CCC3)nc3ccccc32)n1. The van der Waals surface area contributed by atoms with Crippen LogP contribution in [-0.4, -0.2) is 26.3 Å². The highest BCUT2D eigenvalue weighted by Gasteiger charge is 2.23. The van der Waals surface area contributed by atoms with Gasteiger partial charge in [-0.05, 0) is 37.6 Å². The van der Waals surface area contributed by atoms with Crippen molar-refractivity contribution >= 4 is 22.8 Å². The lowest BCUT2D eigenvalue weighted by Crippen LogP contribution is -2.29. The van der Waals surface area contributed by atoms with Crippen molar-refractivity contribution in [2.75, 3.05) is 0 Å². The third kappa shape index (κ3) is 3.34. The van der Waals surface area contributed by atoms with Crippen molar-refractivity contribution in [2.45, 2.75) is 26.2 Å². The van der Waals surface area contributed by atoms with Crippen molar-refractivity contribution in [1.82, 2.24) is 14.5 Å². The first kappa shape index (κ1) is 17.8. The van der Waals surface area contributed by atoms with Crippen LogP contribution in [0.5, 0.6) is 0 Å². The Morgan fingerprint density at radius 1 is 1.04 bits per heavy atom. The van der Waals surface area contributed by atoms with Gasteiger partial charge in [-0.25, -0.2) is 14.8 Å². The zero-order valence-electron chi connectivity index (χ0n) is 15.2. The quantitative estimate of drug-likeness (QED) is 0.654. The lowest BCUT2D eigenvalue weighted by Gasteiger charge is -2.14. The van der Waals surface area contributed by atoms with Crippen LogP contribution < -0.4 is 5.56 Å². The molecule has 0 unspecified atom stereocenters. The molecule has 140 valence electrons. The van der Waals surface area contributed by atoms with Crippen molar-refractivity contribution in [3.63, 3.8) is 0 Å². The number of carbonyl (C=O) groups is 2. The zero-order chi connectivity index (χ0) is 19.7. The molecule has 28 heavy (non-hydrogen) atoms. The summed E-state index contributed by atoms with van der Waals surface area (Å²) in [5, 5.41) is 0. The van der Waals surface area contributed by atoms with Crippen LogP contribution in [-0.2, 0) is 9.53 Å². The van der Waals surface area contributed by atoms with Crippen molar-refractivity contribution in [3.8, 4) is 5.82 Å². The maximum atomic E-state index is 13.1.